The molecule has 0 radical (unpaired) electrons. The van der Waals surface area contributed by atoms with Crippen molar-refractivity contribution >= 4 is 0 Å². The second kappa shape index (κ2) is 5.92. The van der Waals surface area contributed by atoms with Crippen LogP contribution in [0.5, 0.6) is 0 Å². The lowest BCUT2D eigenvalue weighted by Crippen LogP contribution is -2.33. The van der Waals surface area contributed by atoms with Crippen molar-refractivity contribution in [3.8, 4) is 0 Å². The Hall–Kier alpha value is -1.08. The van der Waals surface area contributed by atoms with Crippen LogP contribution in [-0.4, -0.2) is 46.8 Å². The molecule has 108 valence electrons. The van der Waals surface area contributed by atoms with Crippen molar-refractivity contribution in [2.45, 2.75) is 19.1 Å². The van der Waals surface area contributed by atoms with E-state index >= 15 is 0 Å². The molecule has 1 aliphatic heterocycles. The highest BCUT2D eigenvalue weighted by Gasteiger charge is 2.34. The Morgan fingerprint density at radius 1 is 1.47 bits per heavy atom. The molecule has 1 fully saturated rings. The molecular weight excluding hydrogens is 257 g/mol. The molecule has 19 heavy (non-hydrogen) atoms. The summed E-state index contributed by atoms with van der Waals surface area (Å²) < 4.78 is 38.7. The van der Waals surface area contributed by atoms with Gasteiger partial charge in [0.05, 0.1) is 18.6 Å². The smallest absolute Gasteiger partial charge is 0.337 e. The molecule has 1 saturated heterocycles. The van der Waals surface area contributed by atoms with E-state index in [4.69, 9.17) is 0 Å². The second-order valence-corrected chi connectivity index (χ2v) is 5.13. The minimum Gasteiger partial charge on any atom is -0.337 e. The number of alkyl halides is 3. The molecule has 0 spiro atoms. The van der Waals surface area contributed by atoms with Gasteiger partial charge in [-0.3, -0.25) is 4.90 Å². The summed E-state index contributed by atoms with van der Waals surface area (Å²) in [4.78, 5) is 5.50. The lowest BCUT2D eigenvalue weighted by atomic mass is 10.1. The first kappa shape index (κ1) is 14.3. The van der Waals surface area contributed by atoms with Crippen molar-refractivity contribution in [3.05, 3.63) is 18.2 Å². The summed E-state index contributed by atoms with van der Waals surface area (Å²) in [6.45, 7) is 1.73. The molecule has 4 nitrogen and oxygen atoms in total. The van der Waals surface area contributed by atoms with Crippen molar-refractivity contribution in [2.24, 2.45) is 13.0 Å². The number of aromatic nitrogens is 2. The first-order valence-electron chi connectivity index (χ1n) is 6.39. The van der Waals surface area contributed by atoms with Crippen LogP contribution in [0, 0.1) is 5.92 Å². The topological polar surface area (TPSA) is 33.1 Å². The number of aryl methyl sites for hydroxylation is 1. The highest BCUT2D eigenvalue weighted by atomic mass is 19.4. The number of hydrogen-bond donors (Lipinski definition) is 1. The fraction of sp³-hybridized carbons (Fsp3) is 0.750. The van der Waals surface area contributed by atoms with Gasteiger partial charge < -0.3 is 9.88 Å². The third kappa shape index (κ3) is 4.50. The first-order chi connectivity index (χ1) is 8.94. The average Bonchev–Trinajstić information content (AvgIpc) is 2.87. The van der Waals surface area contributed by atoms with Gasteiger partial charge in [-0.25, -0.2) is 4.98 Å². The fourth-order valence-electron chi connectivity index (χ4n) is 2.44. The van der Waals surface area contributed by atoms with Crippen LogP contribution in [0.2, 0.25) is 0 Å². The Labute approximate surface area is 110 Å². The Balaban J connectivity index is 1.67. The summed E-state index contributed by atoms with van der Waals surface area (Å²) in [7, 11) is 1.92. The highest BCUT2D eigenvalue weighted by Crippen LogP contribution is 2.22. The molecule has 1 aromatic rings. The predicted octanol–water partition coefficient (Wildman–Crippen LogP) is 1.39. The summed E-state index contributed by atoms with van der Waals surface area (Å²) in [6.07, 6.45) is 0.265. The molecule has 0 amide bonds. The number of rotatable bonds is 5. The van der Waals surface area contributed by atoms with E-state index in [2.05, 4.69) is 10.3 Å². The number of halogens is 3. The van der Waals surface area contributed by atoms with Crippen LogP contribution >= 0.6 is 0 Å². The summed E-state index contributed by atoms with van der Waals surface area (Å²) in [6, 6.07) is 0. The number of likely N-dealkylation sites (tertiary alicyclic amines) is 1. The standard InChI is InChI=1S/C12H19F3N4/c1-18-9-17-6-11(18)5-16-4-10-2-3-19(7-10)8-12(13,14)15/h6,9-10,16H,2-5,7-8H2,1H3. The lowest BCUT2D eigenvalue weighted by Gasteiger charge is -2.18. The van der Waals surface area contributed by atoms with Gasteiger partial charge in [0.25, 0.3) is 0 Å². The molecule has 2 rings (SSSR count). The van der Waals surface area contributed by atoms with Crippen molar-refractivity contribution in [3.63, 3.8) is 0 Å². The maximum atomic E-state index is 12.2. The molecule has 0 aliphatic carbocycles. The number of hydrogen-bond acceptors (Lipinski definition) is 3. The van der Waals surface area contributed by atoms with Crippen LogP contribution in [0.15, 0.2) is 12.5 Å². The Morgan fingerprint density at radius 3 is 2.89 bits per heavy atom. The van der Waals surface area contributed by atoms with Crippen LogP contribution in [0.1, 0.15) is 12.1 Å². The summed E-state index contributed by atoms with van der Waals surface area (Å²) in [5, 5.41) is 3.29. The van der Waals surface area contributed by atoms with Crippen LogP contribution in [0.25, 0.3) is 0 Å². The van der Waals surface area contributed by atoms with Gasteiger partial charge in [0.1, 0.15) is 0 Å². The maximum Gasteiger partial charge on any atom is 0.401 e. The van der Waals surface area contributed by atoms with E-state index in [-0.39, 0.29) is 0 Å². The molecule has 1 unspecified atom stereocenters. The molecule has 1 aromatic heterocycles. The molecule has 0 bridgehead atoms. The van der Waals surface area contributed by atoms with Gasteiger partial charge in [-0.05, 0) is 25.4 Å². The van der Waals surface area contributed by atoms with E-state index in [1.165, 1.54) is 4.90 Å². The zero-order chi connectivity index (χ0) is 13.9. The van der Waals surface area contributed by atoms with Gasteiger partial charge in [0.15, 0.2) is 0 Å². The van der Waals surface area contributed by atoms with Gasteiger partial charge >= 0.3 is 6.18 Å². The van der Waals surface area contributed by atoms with E-state index in [0.29, 0.717) is 25.6 Å². The SMILES string of the molecule is Cn1cncc1CNCC1CCN(CC(F)(F)F)C1. The third-order valence-corrected chi connectivity index (χ3v) is 3.43. The van der Waals surface area contributed by atoms with Crippen LogP contribution in [0.3, 0.4) is 0 Å². The zero-order valence-electron chi connectivity index (χ0n) is 11.0. The summed E-state index contributed by atoms with van der Waals surface area (Å²) >= 11 is 0. The number of nitrogens with one attached hydrogen (secondary N) is 1. The van der Waals surface area contributed by atoms with E-state index in [1.807, 2.05) is 11.6 Å². The normalized spacial score (nSPS) is 21.2. The van der Waals surface area contributed by atoms with Gasteiger partial charge in [0, 0.05) is 26.3 Å². The quantitative estimate of drug-likeness (QED) is 0.882. The Kier molecular flexibility index (Phi) is 4.46. The van der Waals surface area contributed by atoms with Gasteiger partial charge in [-0.1, -0.05) is 0 Å². The molecular formula is C12H19F3N4. The highest BCUT2D eigenvalue weighted by molar-refractivity contribution is 4.96. The van der Waals surface area contributed by atoms with E-state index in [0.717, 1.165) is 18.7 Å². The van der Waals surface area contributed by atoms with Crippen molar-refractivity contribution in [1.82, 2.24) is 19.8 Å². The molecule has 7 heteroatoms. The third-order valence-electron chi connectivity index (χ3n) is 3.43. The lowest BCUT2D eigenvalue weighted by molar-refractivity contribution is -0.143. The van der Waals surface area contributed by atoms with E-state index in [9.17, 15) is 13.2 Å². The number of imidazole rings is 1. The predicted molar refractivity (Wildman–Crippen MR) is 65.5 cm³/mol. The fourth-order valence-corrected chi connectivity index (χ4v) is 2.44. The largest absolute Gasteiger partial charge is 0.401 e. The minimum absolute atomic E-state index is 0.301. The van der Waals surface area contributed by atoms with Crippen molar-refractivity contribution < 1.29 is 13.2 Å². The van der Waals surface area contributed by atoms with E-state index in [1.54, 1.807) is 12.5 Å². The minimum atomic E-state index is -4.09. The first-order valence-corrected chi connectivity index (χ1v) is 6.39. The zero-order valence-corrected chi connectivity index (χ0v) is 11.0. The Morgan fingerprint density at radius 2 is 2.26 bits per heavy atom. The van der Waals surface area contributed by atoms with Gasteiger partial charge in [-0.15, -0.1) is 0 Å². The van der Waals surface area contributed by atoms with Crippen LogP contribution < -0.4 is 5.32 Å². The number of nitrogens with zero attached hydrogens (tertiary/aromatic N) is 3. The maximum absolute atomic E-state index is 12.2. The summed E-state index contributed by atoms with van der Waals surface area (Å²) in [5.74, 6) is 0.301. The Bertz CT molecular complexity index is 402. The molecule has 1 aliphatic rings. The molecule has 1 N–H and O–H groups in total. The molecule has 1 atom stereocenters. The second-order valence-electron chi connectivity index (χ2n) is 5.13. The van der Waals surface area contributed by atoms with Crippen molar-refractivity contribution in [2.75, 3.05) is 26.2 Å². The molecule has 2 heterocycles. The van der Waals surface area contributed by atoms with Crippen LogP contribution in [0.4, 0.5) is 13.2 Å². The van der Waals surface area contributed by atoms with Crippen molar-refractivity contribution in [1.29, 1.82) is 0 Å². The summed E-state index contributed by atoms with van der Waals surface area (Å²) in [5.41, 5.74) is 1.07. The molecule has 0 saturated carbocycles. The average molecular weight is 276 g/mol. The van der Waals surface area contributed by atoms with E-state index < -0.39 is 12.7 Å². The van der Waals surface area contributed by atoms with Gasteiger partial charge in [-0.2, -0.15) is 13.2 Å². The van der Waals surface area contributed by atoms with Gasteiger partial charge in [0.2, 0.25) is 0 Å². The van der Waals surface area contributed by atoms with Crippen LogP contribution in [-0.2, 0) is 13.6 Å². The molecule has 0 aromatic carbocycles. The monoisotopic (exact) mass is 276 g/mol.